The summed E-state index contributed by atoms with van der Waals surface area (Å²) in [5.41, 5.74) is 0. The highest BCUT2D eigenvalue weighted by Gasteiger charge is 1.98. The zero-order valence-electron chi connectivity index (χ0n) is 8.02. The Balaban J connectivity index is 3.08. The third kappa shape index (κ3) is 7.57. The number of unbranched alkanes of at least 4 members (excludes halogenated alkanes) is 1. The molecule has 0 fully saturated rings. The van der Waals surface area contributed by atoms with E-state index in [-0.39, 0.29) is 0 Å². The second-order valence-corrected chi connectivity index (χ2v) is 3.46. The third-order valence-electron chi connectivity index (χ3n) is 2.17. The molecule has 1 heteroatoms. The van der Waals surface area contributed by atoms with Gasteiger partial charge in [0.15, 0.2) is 0 Å². The second kappa shape index (κ2) is 6.38. The van der Waals surface area contributed by atoms with Crippen LogP contribution in [0.3, 0.4) is 0 Å². The summed E-state index contributed by atoms with van der Waals surface area (Å²) in [6.07, 6.45) is 5.62. The number of carbonyl (C=O) groups is 1. The van der Waals surface area contributed by atoms with Gasteiger partial charge in [0.05, 0.1) is 0 Å². The Morgan fingerprint density at radius 1 is 1.36 bits per heavy atom. The first-order valence-electron chi connectivity index (χ1n) is 4.66. The predicted octanol–water partition coefficient (Wildman–Crippen LogP) is 3.18. The molecule has 0 bridgehead atoms. The van der Waals surface area contributed by atoms with E-state index in [0.29, 0.717) is 5.78 Å². The summed E-state index contributed by atoms with van der Waals surface area (Å²) in [4.78, 5) is 10.6. The number of rotatable bonds is 6. The lowest BCUT2D eigenvalue weighted by Crippen LogP contribution is -1.94. The highest BCUT2D eigenvalue weighted by atomic mass is 16.1. The minimum Gasteiger partial charge on any atom is -0.300 e. The summed E-state index contributed by atoms with van der Waals surface area (Å²) < 4.78 is 0. The average Bonchev–Trinajstić information content (AvgIpc) is 1.97. The van der Waals surface area contributed by atoms with Crippen LogP contribution in [0.4, 0.5) is 0 Å². The molecule has 0 saturated heterocycles. The van der Waals surface area contributed by atoms with Gasteiger partial charge in [0, 0.05) is 6.42 Å². The van der Waals surface area contributed by atoms with Gasteiger partial charge < -0.3 is 4.79 Å². The van der Waals surface area contributed by atoms with Crippen LogP contribution in [0, 0.1) is 5.92 Å². The topological polar surface area (TPSA) is 17.1 Å². The molecule has 1 atom stereocenters. The van der Waals surface area contributed by atoms with Gasteiger partial charge in [-0.25, -0.2) is 0 Å². The van der Waals surface area contributed by atoms with Crippen molar-refractivity contribution in [2.75, 3.05) is 0 Å². The number of hydrogen-bond acceptors (Lipinski definition) is 1. The average molecular weight is 156 g/mol. The fraction of sp³-hybridized carbons (Fsp3) is 0.900. The molecule has 66 valence electrons. The maximum Gasteiger partial charge on any atom is 0.129 e. The lowest BCUT2D eigenvalue weighted by atomic mass is 10.0. The van der Waals surface area contributed by atoms with Crippen LogP contribution in [0.1, 0.15) is 52.9 Å². The van der Waals surface area contributed by atoms with E-state index in [1.165, 1.54) is 19.3 Å². The Morgan fingerprint density at radius 3 is 2.45 bits per heavy atom. The maximum absolute atomic E-state index is 10.6. The highest BCUT2D eigenvalue weighted by Crippen LogP contribution is 2.11. The van der Waals surface area contributed by atoms with Gasteiger partial charge in [-0.3, -0.25) is 0 Å². The van der Waals surface area contributed by atoms with Crippen LogP contribution in [0.5, 0.6) is 0 Å². The van der Waals surface area contributed by atoms with Gasteiger partial charge in [-0.05, 0) is 19.3 Å². The Kier molecular flexibility index (Phi) is 6.19. The summed E-state index contributed by atoms with van der Waals surface area (Å²) in [7, 11) is 0. The summed E-state index contributed by atoms with van der Waals surface area (Å²) >= 11 is 0. The molecule has 0 N–H and O–H groups in total. The van der Waals surface area contributed by atoms with Crippen LogP contribution in [0.15, 0.2) is 0 Å². The van der Waals surface area contributed by atoms with E-state index in [1.54, 1.807) is 6.92 Å². The Labute approximate surface area is 70.2 Å². The Hall–Kier alpha value is -0.330. The molecule has 0 amide bonds. The first-order valence-corrected chi connectivity index (χ1v) is 4.66. The molecule has 0 radical (unpaired) electrons. The fourth-order valence-corrected chi connectivity index (χ4v) is 1.07. The van der Waals surface area contributed by atoms with E-state index < -0.39 is 0 Å². The lowest BCUT2D eigenvalue weighted by molar-refractivity contribution is -0.117. The van der Waals surface area contributed by atoms with E-state index in [0.717, 1.165) is 18.8 Å². The Bertz CT molecular complexity index is 107. The summed E-state index contributed by atoms with van der Waals surface area (Å²) in [5, 5.41) is 0. The van der Waals surface area contributed by atoms with Gasteiger partial charge in [0.1, 0.15) is 5.78 Å². The second-order valence-electron chi connectivity index (χ2n) is 3.46. The molecule has 0 aromatic rings. The van der Waals surface area contributed by atoms with Crippen LogP contribution in [0.2, 0.25) is 0 Å². The number of Topliss-reactive ketones (excluding diaryl/α,β-unsaturated/α-hetero) is 1. The third-order valence-corrected chi connectivity index (χ3v) is 2.17. The van der Waals surface area contributed by atoms with Gasteiger partial charge in [-0.1, -0.05) is 33.1 Å². The number of ketones is 1. The minimum atomic E-state index is 0.328. The van der Waals surface area contributed by atoms with Crippen LogP contribution in [0.25, 0.3) is 0 Å². The Morgan fingerprint density at radius 2 is 2.00 bits per heavy atom. The van der Waals surface area contributed by atoms with Crippen molar-refractivity contribution < 1.29 is 4.79 Å². The van der Waals surface area contributed by atoms with Crippen molar-refractivity contribution >= 4 is 5.78 Å². The first kappa shape index (κ1) is 10.7. The van der Waals surface area contributed by atoms with Gasteiger partial charge >= 0.3 is 0 Å². The summed E-state index contributed by atoms with van der Waals surface area (Å²) in [6.45, 7) is 6.16. The van der Waals surface area contributed by atoms with E-state index in [2.05, 4.69) is 13.8 Å². The van der Waals surface area contributed by atoms with Gasteiger partial charge in [-0.15, -0.1) is 0 Å². The summed E-state index contributed by atoms with van der Waals surface area (Å²) in [6, 6.07) is 0. The van der Waals surface area contributed by atoms with Crippen molar-refractivity contribution in [3.05, 3.63) is 0 Å². The molecule has 0 spiro atoms. The quantitative estimate of drug-likeness (QED) is 0.540. The van der Waals surface area contributed by atoms with Crippen molar-refractivity contribution in [2.24, 2.45) is 5.92 Å². The van der Waals surface area contributed by atoms with Gasteiger partial charge in [0.2, 0.25) is 0 Å². The molecular formula is C10H20O. The molecule has 1 nitrogen and oxygen atoms in total. The van der Waals surface area contributed by atoms with E-state index in [1.807, 2.05) is 0 Å². The van der Waals surface area contributed by atoms with Gasteiger partial charge in [-0.2, -0.15) is 0 Å². The van der Waals surface area contributed by atoms with Crippen molar-refractivity contribution in [2.45, 2.75) is 52.9 Å². The standard InChI is InChI=1S/C10H20O/c1-4-9(2)7-5-6-8-10(3)11/h9H,4-8H2,1-3H3/t9-/m1/s1. The molecule has 0 saturated carbocycles. The fourth-order valence-electron chi connectivity index (χ4n) is 1.07. The first-order chi connectivity index (χ1) is 5.16. The largest absolute Gasteiger partial charge is 0.300 e. The molecule has 0 unspecified atom stereocenters. The van der Waals surface area contributed by atoms with E-state index in [9.17, 15) is 4.79 Å². The molecule has 0 aromatic heterocycles. The predicted molar refractivity (Wildman–Crippen MR) is 48.6 cm³/mol. The number of carbonyl (C=O) groups excluding carboxylic acids is 1. The molecule has 0 aliphatic carbocycles. The number of hydrogen-bond donors (Lipinski definition) is 0. The van der Waals surface area contributed by atoms with Crippen molar-refractivity contribution in [1.29, 1.82) is 0 Å². The highest BCUT2D eigenvalue weighted by molar-refractivity contribution is 5.75. The van der Waals surface area contributed by atoms with Crippen molar-refractivity contribution in [3.8, 4) is 0 Å². The van der Waals surface area contributed by atoms with Crippen LogP contribution in [-0.4, -0.2) is 5.78 Å². The normalized spacial score (nSPS) is 13.0. The minimum absolute atomic E-state index is 0.328. The summed E-state index contributed by atoms with van der Waals surface area (Å²) in [5.74, 6) is 1.16. The molecule has 11 heavy (non-hydrogen) atoms. The molecule has 0 aliphatic heterocycles. The molecule has 0 aliphatic rings. The van der Waals surface area contributed by atoms with E-state index in [4.69, 9.17) is 0 Å². The lowest BCUT2D eigenvalue weighted by Gasteiger charge is -2.06. The van der Waals surface area contributed by atoms with Crippen LogP contribution < -0.4 is 0 Å². The molecule has 0 rings (SSSR count). The van der Waals surface area contributed by atoms with Crippen molar-refractivity contribution in [3.63, 3.8) is 0 Å². The van der Waals surface area contributed by atoms with Crippen molar-refractivity contribution in [1.82, 2.24) is 0 Å². The van der Waals surface area contributed by atoms with Gasteiger partial charge in [0.25, 0.3) is 0 Å². The molecule has 0 heterocycles. The SMILES string of the molecule is CC[C@@H](C)CCCCC(C)=O. The monoisotopic (exact) mass is 156 g/mol. The smallest absolute Gasteiger partial charge is 0.129 e. The molecule has 0 aromatic carbocycles. The zero-order chi connectivity index (χ0) is 8.69. The zero-order valence-corrected chi connectivity index (χ0v) is 8.02. The maximum atomic E-state index is 10.6. The van der Waals surface area contributed by atoms with Crippen LogP contribution in [-0.2, 0) is 4.79 Å². The van der Waals surface area contributed by atoms with E-state index >= 15 is 0 Å². The van der Waals surface area contributed by atoms with Crippen LogP contribution >= 0.6 is 0 Å². The molecular weight excluding hydrogens is 136 g/mol.